The first-order valence-corrected chi connectivity index (χ1v) is 12.0. The van der Waals surface area contributed by atoms with E-state index in [4.69, 9.17) is 5.73 Å². The molecule has 10 heteroatoms. The maximum Gasteiger partial charge on any atom is 0.252 e. The van der Waals surface area contributed by atoms with Crippen LogP contribution in [0.25, 0.3) is 33.5 Å². The second-order valence-electron chi connectivity index (χ2n) is 9.69. The van der Waals surface area contributed by atoms with Gasteiger partial charge >= 0.3 is 0 Å². The Morgan fingerprint density at radius 3 is 2.68 bits per heavy atom. The maximum absolute atomic E-state index is 13.4. The number of carbonyl (C=O) groups excluding carboxylic acids is 2. The average Bonchev–Trinajstić information content (AvgIpc) is 3.50. The third-order valence-corrected chi connectivity index (χ3v) is 7.12. The lowest BCUT2D eigenvalue weighted by molar-refractivity contribution is -0.145. The highest BCUT2D eigenvalue weighted by Gasteiger charge is 2.43. The topological polar surface area (TPSA) is 114 Å². The van der Waals surface area contributed by atoms with E-state index in [-0.39, 0.29) is 11.8 Å². The minimum atomic E-state index is -0.928. The highest BCUT2D eigenvalue weighted by atomic mass is 16.2. The molecule has 5 aromatic rings. The fourth-order valence-electron chi connectivity index (χ4n) is 5.23. The zero-order valence-corrected chi connectivity index (χ0v) is 20.8. The van der Waals surface area contributed by atoms with Crippen molar-refractivity contribution in [3.05, 3.63) is 67.4 Å². The molecular formula is C27H26N8O2. The molecule has 1 aromatic carbocycles. The predicted octanol–water partition coefficient (Wildman–Crippen LogP) is 3.27. The summed E-state index contributed by atoms with van der Waals surface area (Å²) < 4.78 is 3.72. The molecule has 10 nitrogen and oxygen atoms in total. The normalized spacial score (nSPS) is 15.6. The zero-order valence-electron chi connectivity index (χ0n) is 20.8. The van der Waals surface area contributed by atoms with E-state index in [0.717, 1.165) is 33.7 Å². The molecule has 37 heavy (non-hydrogen) atoms. The van der Waals surface area contributed by atoms with Gasteiger partial charge in [-0.3, -0.25) is 9.59 Å². The van der Waals surface area contributed by atoms with Crippen LogP contribution in [0.4, 0.5) is 11.5 Å². The fourth-order valence-corrected chi connectivity index (χ4v) is 5.23. The van der Waals surface area contributed by atoms with Crippen molar-refractivity contribution in [1.29, 1.82) is 0 Å². The number of amides is 2. The Balaban J connectivity index is 1.46. The Morgan fingerprint density at radius 2 is 1.86 bits per heavy atom. The van der Waals surface area contributed by atoms with Crippen molar-refractivity contribution in [1.82, 2.24) is 28.9 Å². The lowest BCUT2D eigenvalue weighted by Crippen LogP contribution is -2.64. The van der Waals surface area contributed by atoms with E-state index in [2.05, 4.69) is 15.1 Å². The standard InChI is InChI=1S/C27H26N8O2/c1-17(36)34-12-11-33(26(37)27(34,2)3)20-6-4-5-19(13-20)22-15-21(24-25(28)30-16-31-35(22)24)18-7-9-32-10-8-29-23(32)14-18/h4-10,13-16H,11-12H2,1-3H3,(H2,28,30,31). The third-order valence-electron chi connectivity index (χ3n) is 7.12. The van der Waals surface area contributed by atoms with E-state index in [9.17, 15) is 9.59 Å². The maximum atomic E-state index is 13.4. The van der Waals surface area contributed by atoms with Crippen molar-refractivity contribution in [2.45, 2.75) is 26.3 Å². The van der Waals surface area contributed by atoms with Gasteiger partial charge in [-0.25, -0.2) is 14.5 Å². The van der Waals surface area contributed by atoms with E-state index >= 15 is 0 Å². The number of benzene rings is 1. The van der Waals surface area contributed by atoms with Crippen molar-refractivity contribution < 1.29 is 9.59 Å². The molecular weight excluding hydrogens is 468 g/mol. The van der Waals surface area contributed by atoms with Crippen molar-refractivity contribution in [3.8, 4) is 22.4 Å². The van der Waals surface area contributed by atoms with Crippen molar-refractivity contribution in [3.63, 3.8) is 0 Å². The SMILES string of the molecule is CC(=O)N1CCN(c2cccc(-c3cc(-c4ccn5ccnc5c4)c4c(N)ncnn34)c2)C(=O)C1(C)C. The summed E-state index contributed by atoms with van der Waals surface area (Å²) in [6, 6.07) is 13.8. The second kappa shape index (κ2) is 8.16. The molecule has 0 spiro atoms. The number of aromatic nitrogens is 5. The number of imidazole rings is 1. The number of hydrogen-bond acceptors (Lipinski definition) is 6. The molecule has 0 aliphatic carbocycles. The molecule has 0 atom stereocenters. The zero-order chi connectivity index (χ0) is 25.9. The van der Waals surface area contributed by atoms with Crippen molar-refractivity contribution in [2.24, 2.45) is 0 Å². The molecule has 2 amide bonds. The minimum Gasteiger partial charge on any atom is -0.382 e. The molecule has 1 fully saturated rings. The number of piperazine rings is 1. The van der Waals surface area contributed by atoms with E-state index in [1.807, 2.05) is 59.3 Å². The first-order chi connectivity index (χ1) is 17.8. The summed E-state index contributed by atoms with van der Waals surface area (Å²) in [4.78, 5) is 37.5. The van der Waals surface area contributed by atoms with Gasteiger partial charge in [-0.2, -0.15) is 5.10 Å². The van der Waals surface area contributed by atoms with Crippen molar-refractivity contribution >= 4 is 34.5 Å². The van der Waals surface area contributed by atoms with Gasteiger partial charge in [0.1, 0.15) is 23.0 Å². The highest BCUT2D eigenvalue weighted by Crippen LogP contribution is 2.36. The minimum absolute atomic E-state index is 0.107. The molecule has 1 saturated heterocycles. The van der Waals surface area contributed by atoms with Crippen molar-refractivity contribution in [2.75, 3.05) is 23.7 Å². The van der Waals surface area contributed by atoms with Crippen LogP contribution in [0.2, 0.25) is 0 Å². The van der Waals surface area contributed by atoms with Crippen LogP contribution in [0.1, 0.15) is 20.8 Å². The van der Waals surface area contributed by atoms with Crippen LogP contribution >= 0.6 is 0 Å². The van der Waals surface area contributed by atoms with Crippen LogP contribution in [-0.2, 0) is 9.59 Å². The summed E-state index contributed by atoms with van der Waals surface area (Å²) in [6.45, 7) is 5.96. The molecule has 0 saturated carbocycles. The summed E-state index contributed by atoms with van der Waals surface area (Å²) in [5, 5.41) is 4.51. The van der Waals surface area contributed by atoms with Gasteiger partial charge in [-0.1, -0.05) is 12.1 Å². The summed E-state index contributed by atoms with van der Waals surface area (Å²) in [6.07, 6.45) is 7.04. The smallest absolute Gasteiger partial charge is 0.252 e. The molecule has 1 aliphatic heterocycles. The van der Waals surface area contributed by atoms with Gasteiger partial charge in [-0.05, 0) is 49.7 Å². The van der Waals surface area contributed by atoms with E-state index < -0.39 is 5.54 Å². The molecule has 6 rings (SSSR count). The van der Waals surface area contributed by atoms with Gasteiger partial charge in [0.25, 0.3) is 5.91 Å². The fraction of sp³-hybridized carbons (Fsp3) is 0.222. The Hall–Kier alpha value is -4.73. The van der Waals surface area contributed by atoms with Crippen LogP contribution < -0.4 is 10.6 Å². The third kappa shape index (κ3) is 3.52. The van der Waals surface area contributed by atoms with Gasteiger partial charge in [0.15, 0.2) is 5.82 Å². The quantitative estimate of drug-likeness (QED) is 0.412. The lowest BCUT2D eigenvalue weighted by atomic mass is 9.96. The molecule has 4 aromatic heterocycles. The number of anilines is 2. The van der Waals surface area contributed by atoms with Crippen LogP contribution in [0.5, 0.6) is 0 Å². The summed E-state index contributed by atoms with van der Waals surface area (Å²) in [7, 11) is 0. The molecule has 186 valence electrons. The van der Waals surface area contributed by atoms with Gasteiger partial charge in [0.05, 0.1) is 5.69 Å². The molecule has 0 unspecified atom stereocenters. The van der Waals surface area contributed by atoms with Crippen LogP contribution in [0.3, 0.4) is 0 Å². The summed E-state index contributed by atoms with van der Waals surface area (Å²) >= 11 is 0. The predicted molar refractivity (Wildman–Crippen MR) is 141 cm³/mol. The summed E-state index contributed by atoms with van der Waals surface area (Å²) in [5.74, 6) is 0.143. The second-order valence-corrected chi connectivity index (χ2v) is 9.69. The Kier molecular flexibility index (Phi) is 5.01. The Morgan fingerprint density at radius 1 is 1.03 bits per heavy atom. The number of carbonyl (C=O) groups is 2. The Labute approximate surface area is 213 Å². The average molecular weight is 495 g/mol. The number of fused-ring (bicyclic) bond motifs is 2. The Bertz CT molecular complexity index is 1700. The monoisotopic (exact) mass is 494 g/mol. The van der Waals surface area contributed by atoms with Gasteiger partial charge < -0.3 is 19.9 Å². The van der Waals surface area contributed by atoms with E-state index in [1.165, 1.54) is 13.3 Å². The van der Waals surface area contributed by atoms with Gasteiger partial charge in [0.2, 0.25) is 5.91 Å². The molecule has 1 aliphatic rings. The molecule has 0 bridgehead atoms. The number of rotatable bonds is 3. The van der Waals surface area contributed by atoms with E-state index in [1.54, 1.807) is 34.4 Å². The number of hydrogen-bond donors (Lipinski definition) is 1. The van der Waals surface area contributed by atoms with Crippen LogP contribution in [-0.4, -0.2) is 59.3 Å². The van der Waals surface area contributed by atoms with Crippen LogP contribution in [0, 0.1) is 0 Å². The largest absolute Gasteiger partial charge is 0.382 e. The van der Waals surface area contributed by atoms with Gasteiger partial charge in [0, 0.05) is 55.4 Å². The van der Waals surface area contributed by atoms with E-state index in [0.29, 0.717) is 24.4 Å². The molecule has 2 N–H and O–H groups in total. The summed E-state index contributed by atoms with van der Waals surface area (Å²) in [5.41, 5.74) is 11.2. The number of nitrogens with two attached hydrogens (primary N) is 1. The number of nitrogens with zero attached hydrogens (tertiary/aromatic N) is 7. The highest BCUT2D eigenvalue weighted by molar-refractivity contribution is 6.03. The first kappa shape index (κ1) is 22.7. The number of pyridine rings is 1. The molecule has 5 heterocycles. The number of nitrogen functional groups attached to an aromatic ring is 1. The molecule has 0 radical (unpaired) electrons. The van der Waals surface area contributed by atoms with Gasteiger partial charge in [-0.15, -0.1) is 0 Å². The first-order valence-electron chi connectivity index (χ1n) is 12.0. The lowest BCUT2D eigenvalue weighted by Gasteiger charge is -2.45. The van der Waals surface area contributed by atoms with Crippen LogP contribution in [0.15, 0.2) is 67.4 Å².